The van der Waals surface area contributed by atoms with Crippen molar-refractivity contribution in [1.29, 1.82) is 5.26 Å². The van der Waals surface area contributed by atoms with Gasteiger partial charge in [-0.25, -0.2) is 4.79 Å². The van der Waals surface area contributed by atoms with Gasteiger partial charge >= 0.3 is 5.97 Å². The first kappa shape index (κ1) is 18.3. The molecule has 0 radical (unpaired) electrons. The normalized spacial score (nSPS) is 10.7. The van der Waals surface area contributed by atoms with Gasteiger partial charge in [-0.15, -0.1) is 0 Å². The second-order valence-electron chi connectivity index (χ2n) is 5.99. The van der Waals surface area contributed by atoms with Crippen LogP contribution < -0.4 is 4.74 Å². The molecule has 3 rings (SSSR count). The second-order valence-corrected chi connectivity index (χ2v) is 5.99. The number of carbonyl (C=O) groups is 1. The maximum absolute atomic E-state index is 11.1. The lowest BCUT2D eigenvalue weighted by molar-refractivity contribution is 0.0693. The molecule has 3 N–H and O–H groups in total. The summed E-state index contributed by atoms with van der Waals surface area (Å²) in [6.07, 6.45) is 3.02. The van der Waals surface area contributed by atoms with E-state index in [1.165, 1.54) is 12.1 Å². The van der Waals surface area contributed by atoms with E-state index >= 15 is 0 Å². The molecule has 0 unspecified atom stereocenters. The molecule has 27 heavy (non-hydrogen) atoms. The fraction of sp³-hybridized carbons (Fsp3) is 0.200. The molecule has 1 aromatic heterocycles. The number of aromatic carboxylic acids is 1. The quantitative estimate of drug-likeness (QED) is 0.554. The van der Waals surface area contributed by atoms with Crippen LogP contribution in [0.2, 0.25) is 0 Å². The van der Waals surface area contributed by atoms with Crippen LogP contribution in [-0.4, -0.2) is 39.1 Å². The van der Waals surface area contributed by atoms with Crippen LogP contribution >= 0.6 is 0 Å². The van der Waals surface area contributed by atoms with Gasteiger partial charge in [0.2, 0.25) is 0 Å². The minimum absolute atomic E-state index is 0.118. The highest BCUT2D eigenvalue weighted by atomic mass is 16.5. The van der Waals surface area contributed by atoms with Gasteiger partial charge in [0, 0.05) is 36.0 Å². The van der Waals surface area contributed by atoms with Crippen LogP contribution in [0.15, 0.2) is 42.6 Å². The highest BCUT2D eigenvalue weighted by Gasteiger charge is 2.14. The summed E-state index contributed by atoms with van der Waals surface area (Å²) in [6.45, 7) is 0.582. The number of aromatic hydroxyl groups is 1. The molecule has 0 fully saturated rings. The standard InChI is InChI=1S/C20H18N2O5/c21-11-13-12-22(14-3-5-17(20(25)26)19(24)9-14)18-10-15(4-6-16(13)18)27-8-2-1-7-23/h3-6,9-10,12,23-24H,1-2,7-8H2,(H,25,26). The SMILES string of the molecule is N#Cc1cn(-c2ccc(C(=O)O)c(O)c2)c2cc(OCCCCO)ccc12. The Morgan fingerprint density at radius 1 is 1.19 bits per heavy atom. The van der Waals surface area contributed by atoms with Crippen LogP contribution in [0.25, 0.3) is 16.6 Å². The number of aliphatic hydroxyl groups is 1. The van der Waals surface area contributed by atoms with Gasteiger partial charge in [0.05, 0.1) is 17.7 Å². The molecule has 1 heterocycles. The van der Waals surface area contributed by atoms with Crippen LogP contribution in [0.1, 0.15) is 28.8 Å². The number of hydrogen-bond acceptors (Lipinski definition) is 5. The summed E-state index contributed by atoms with van der Waals surface area (Å²) in [5, 5.41) is 38.0. The van der Waals surface area contributed by atoms with Crippen molar-refractivity contribution in [2.24, 2.45) is 0 Å². The highest BCUT2D eigenvalue weighted by Crippen LogP contribution is 2.30. The first-order valence-corrected chi connectivity index (χ1v) is 8.40. The second kappa shape index (κ2) is 7.81. The van der Waals surface area contributed by atoms with Crippen molar-refractivity contribution in [3.63, 3.8) is 0 Å². The topological polar surface area (TPSA) is 116 Å². The number of fused-ring (bicyclic) bond motifs is 1. The van der Waals surface area contributed by atoms with E-state index < -0.39 is 5.97 Å². The Morgan fingerprint density at radius 3 is 2.67 bits per heavy atom. The third kappa shape index (κ3) is 3.71. The Bertz CT molecular complexity index is 1030. The maximum atomic E-state index is 11.1. The van der Waals surface area contributed by atoms with Gasteiger partial charge in [-0.3, -0.25) is 0 Å². The minimum atomic E-state index is -1.22. The lowest BCUT2D eigenvalue weighted by Crippen LogP contribution is -2.00. The number of nitriles is 1. The predicted octanol–water partition coefficient (Wildman–Crippen LogP) is 3.06. The van der Waals surface area contributed by atoms with Crippen LogP contribution in [0.4, 0.5) is 0 Å². The van der Waals surface area contributed by atoms with Gasteiger partial charge in [0.1, 0.15) is 23.1 Å². The lowest BCUT2D eigenvalue weighted by atomic mass is 10.1. The van der Waals surface area contributed by atoms with E-state index in [0.29, 0.717) is 35.5 Å². The molecule has 0 saturated carbocycles. The van der Waals surface area contributed by atoms with Crippen LogP contribution in [-0.2, 0) is 0 Å². The fourth-order valence-corrected chi connectivity index (χ4v) is 2.85. The number of carboxylic acids is 1. The Morgan fingerprint density at radius 2 is 2.00 bits per heavy atom. The van der Waals surface area contributed by atoms with Crippen molar-refractivity contribution in [3.05, 3.63) is 53.7 Å². The number of aromatic nitrogens is 1. The zero-order valence-corrected chi connectivity index (χ0v) is 14.4. The summed E-state index contributed by atoms with van der Waals surface area (Å²) in [4.78, 5) is 11.1. The molecule has 0 atom stereocenters. The third-order valence-corrected chi connectivity index (χ3v) is 4.21. The van der Waals surface area contributed by atoms with Crippen LogP contribution in [0.3, 0.4) is 0 Å². The number of unbranched alkanes of at least 4 members (excludes halogenated alkanes) is 1. The first-order chi connectivity index (χ1) is 13.0. The third-order valence-electron chi connectivity index (χ3n) is 4.21. The van der Waals surface area contributed by atoms with Crippen LogP contribution in [0.5, 0.6) is 11.5 Å². The predicted molar refractivity (Wildman–Crippen MR) is 98.4 cm³/mol. The summed E-state index contributed by atoms with van der Waals surface area (Å²) >= 11 is 0. The Balaban J connectivity index is 2.03. The molecule has 0 amide bonds. The van der Waals surface area contributed by atoms with E-state index in [9.17, 15) is 15.2 Å². The summed E-state index contributed by atoms with van der Waals surface area (Å²) in [5.74, 6) is -0.944. The summed E-state index contributed by atoms with van der Waals surface area (Å²) in [6, 6.07) is 11.7. The molecule has 0 aliphatic carbocycles. The van der Waals surface area contributed by atoms with Gasteiger partial charge in [-0.1, -0.05) is 0 Å². The van der Waals surface area contributed by atoms with Gasteiger partial charge in [0.25, 0.3) is 0 Å². The molecule has 3 aromatic rings. The van der Waals surface area contributed by atoms with Gasteiger partial charge in [-0.05, 0) is 37.1 Å². The van der Waals surface area contributed by atoms with E-state index in [0.717, 1.165) is 11.8 Å². The molecule has 0 bridgehead atoms. The molecule has 0 spiro atoms. The van der Waals surface area contributed by atoms with Gasteiger partial charge in [-0.2, -0.15) is 5.26 Å². The van der Waals surface area contributed by atoms with Crippen molar-refractivity contribution >= 4 is 16.9 Å². The zero-order chi connectivity index (χ0) is 19.4. The van der Waals surface area contributed by atoms with Crippen molar-refractivity contribution in [2.45, 2.75) is 12.8 Å². The van der Waals surface area contributed by atoms with Gasteiger partial charge < -0.3 is 24.6 Å². The minimum Gasteiger partial charge on any atom is -0.507 e. The van der Waals surface area contributed by atoms with Crippen LogP contribution in [0, 0.1) is 11.3 Å². The largest absolute Gasteiger partial charge is 0.507 e. The average molecular weight is 366 g/mol. The summed E-state index contributed by atoms with van der Waals surface area (Å²) in [7, 11) is 0. The number of aliphatic hydroxyl groups excluding tert-OH is 1. The Labute approximate surface area is 155 Å². The molecule has 2 aromatic carbocycles. The number of ether oxygens (including phenoxy) is 1. The first-order valence-electron chi connectivity index (χ1n) is 8.40. The molecule has 0 aliphatic heterocycles. The highest BCUT2D eigenvalue weighted by molar-refractivity contribution is 5.92. The number of phenols is 1. The molecule has 7 nitrogen and oxygen atoms in total. The zero-order valence-electron chi connectivity index (χ0n) is 14.4. The Hall–Kier alpha value is -3.50. The van der Waals surface area contributed by atoms with E-state index in [1.54, 1.807) is 35.0 Å². The number of carboxylic acid groups (broad SMARTS) is 1. The van der Waals surface area contributed by atoms with Crippen molar-refractivity contribution in [1.82, 2.24) is 4.57 Å². The summed E-state index contributed by atoms with van der Waals surface area (Å²) in [5.41, 5.74) is 1.50. The number of hydrogen-bond donors (Lipinski definition) is 3. The Kier molecular flexibility index (Phi) is 5.29. The molecular weight excluding hydrogens is 348 g/mol. The molecular formula is C20H18N2O5. The smallest absolute Gasteiger partial charge is 0.339 e. The van der Waals surface area contributed by atoms with Crippen molar-refractivity contribution < 1.29 is 24.9 Å². The monoisotopic (exact) mass is 366 g/mol. The van der Waals surface area contributed by atoms with E-state index in [4.69, 9.17) is 14.9 Å². The van der Waals surface area contributed by atoms with Crippen molar-refractivity contribution in [2.75, 3.05) is 13.2 Å². The van der Waals surface area contributed by atoms with E-state index in [2.05, 4.69) is 6.07 Å². The average Bonchev–Trinajstić information content (AvgIpc) is 3.03. The van der Waals surface area contributed by atoms with E-state index in [1.807, 2.05) is 0 Å². The number of nitrogens with zero attached hydrogens (tertiary/aromatic N) is 2. The van der Waals surface area contributed by atoms with E-state index in [-0.39, 0.29) is 17.9 Å². The maximum Gasteiger partial charge on any atom is 0.339 e. The van der Waals surface area contributed by atoms with Gasteiger partial charge in [0.15, 0.2) is 0 Å². The number of rotatable bonds is 7. The molecule has 138 valence electrons. The molecule has 0 saturated heterocycles. The molecule has 7 heteroatoms. The fourth-order valence-electron chi connectivity index (χ4n) is 2.85. The summed E-state index contributed by atoms with van der Waals surface area (Å²) < 4.78 is 7.40. The number of benzene rings is 2. The lowest BCUT2D eigenvalue weighted by Gasteiger charge is -2.10. The molecule has 0 aliphatic rings. The van der Waals surface area contributed by atoms with Crippen molar-refractivity contribution in [3.8, 4) is 23.3 Å².